The molecule has 1 N–H and O–H groups in total. The van der Waals surface area contributed by atoms with Gasteiger partial charge in [0.15, 0.2) is 5.60 Å². The highest BCUT2D eigenvalue weighted by Crippen LogP contribution is 2.33. The third-order valence-electron chi connectivity index (χ3n) is 2.10. The van der Waals surface area contributed by atoms with Gasteiger partial charge >= 0.3 is 6.18 Å². The van der Waals surface area contributed by atoms with Gasteiger partial charge in [-0.2, -0.15) is 13.2 Å². The second-order valence-electron chi connectivity index (χ2n) is 3.54. The van der Waals surface area contributed by atoms with Crippen molar-refractivity contribution in [2.24, 2.45) is 0 Å². The van der Waals surface area contributed by atoms with Crippen LogP contribution in [0, 0.1) is 5.82 Å². The van der Waals surface area contributed by atoms with Crippen LogP contribution in [0.3, 0.4) is 0 Å². The Labute approximate surface area is 84.3 Å². The summed E-state index contributed by atoms with van der Waals surface area (Å²) in [6.45, 7) is 0.624. The molecule has 1 unspecified atom stereocenters. The van der Waals surface area contributed by atoms with E-state index in [2.05, 4.69) is 0 Å². The molecular weight excluding hydrogens is 212 g/mol. The summed E-state index contributed by atoms with van der Waals surface area (Å²) >= 11 is 0. The van der Waals surface area contributed by atoms with Gasteiger partial charge in [0.25, 0.3) is 0 Å². The zero-order chi connectivity index (χ0) is 11.7. The molecule has 1 aromatic carbocycles. The van der Waals surface area contributed by atoms with Gasteiger partial charge in [-0.05, 0) is 18.6 Å². The molecule has 0 heterocycles. The van der Waals surface area contributed by atoms with Gasteiger partial charge in [0.05, 0.1) is 0 Å². The lowest BCUT2D eigenvalue weighted by atomic mass is 9.96. The predicted octanol–water partition coefficient (Wildman–Crippen LogP) is 2.68. The lowest BCUT2D eigenvalue weighted by Crippen LogP contribution is -2.44. The van der Waals surface area contributed by atoms with Gasteiger partial charge < -0.3 is 5.11 Å². The lowest BCUT2D eigenvalue weighted by molar-refractivity contribution is -0.252. The Kier molecular flexibility index (Phi) is 3.04. The SMILES string of the molecule is CC(O)(Cc1ccccc1F)C(F)(F)F. The smallest absolute Gasteiger partial charge is 0.380 e. The first-order valence-corrected chi connectivity index (χ1v) is 4.26. The Hall–Kier alpha value is -1.10. The third-order valence-corrected chi connectivity index (χ3v) is 2.10. The van der Waals surface area contributed by atoms with Crippen LogP contribution in [-0.4, -0.2) is 16.9 Å². The first kappa shape index (κ1) is 12.0. The zero-order valence-electron chi connectivity index (χ0n) is 7.98. The van der Waals surface area contributed by atoms with E-state index < -0.39 is 24.0 Å². The number of hydrogen-bond donors (Lipinski definition) is 1. The van der Waals surface area contributed by atoms with Crippen molar-refractivity contribution in [1.29, 1.82) is 0 Å². The number of halogens is 4. The van der Waals surface area contributed by atoms with E-state index in [-0.39, 0.29) is 5.56 Å². The zero-order valence-corrected chi connectivity index (χ0v) is 7.98. The molecule has 0 saturated heterocycles. The van der Waals surface area contributed by atoms with Crippen LogP contribution < -0.4 is 0 Å². The van der Waals surface area contributed by atoms with Gasteiger partial charge in [0, 0.05) is 6.42 Å². The molecule has 0 radical (unpaired) electrons. The fourth-order valence-corrected chi connectivity index (χ4v) is 1.11. The molecule has 0 saturated carbocycles. The first-order valence-electron chi connectivity index (χ1n) is 4.26. The highest BCUT2D eigenvalue weighted by Gasteiger charge is 2.49. The molecule has 0 aromatic heterocycles. The molecule has 0 spiro atoms. The second kappa shape index (κ2) is 3.81. The van der Waals surface area contributed by atoms with Gasteiger partial charge in [-0.3, -0.25) is 0 Å². The molecule has 0 fully saturated rings. The minimum atomic E-state index is -4.77. The quantitative estimate of drug-likeness (QED) is 0.763. The van der Waals surface area contributed by atoms with Gasteiger partial charge in [-0.1, -0.05) is 18.2 Å². The minimum Gasteiger partial charge on any atom is -0.380 e. The highest BCUT2D eigenvalue weighted by atomic mass is 19.4. The van der Waals surface area contributed by atoms with Crippen LogP contribution in [-0.2, 0) is 6.42 Å². The van der Waals surface area contributed by atoms with E-state index in [1.807, 2.05) is 0 Å². The van der Waals surface area contributed by atoms with Gasteiger partial charge in [0.1, 0.15) is 5.82 Å². The lowest BCUT2D eigenvalue weighted by Gasteiger charge is -2.26. The summed E-state index contributed by atoms with van der Waals surface area (Å²) in [5, 5.41) is 9.14. The fourth-order valence-electron chi connectivity index (χ4n) is 1.11. The minimum absolute atomic E-state index is 0.153. The first-order chi connectivity index (χ1) is 6.74. The maximum absolute atomic E-state index is 13.0. The van der Waals surface area contributed by atoms with E-state index in [0.717, 1.165) is 6.07 Å². The van der Waals surface area contributed by atoms with Crippen LogP contribution in [0.1, 0.15) is 12.5 Å². The standard InChI is InChI=1S/C10H10F4O/c1-9(15,10(12,13)14)6-7-4-2-3-5-8(7)11/h2-5,15H,6H2,1H3. The molecule has 0 amide bonds. The summed E-state index contributed by atoms with van der Waals surface area (Å²) in [5.41, 5.74) is -3.06. The summed E-state index contributed by atoms with van der Waals surface area (Å²) in [6, 6.07) is 5.07. The van der Waals surface area contributed by atoms with Crippen molar-refractivity contribution in [2.75, 3.05) is 0 Å². The van der Waals surface area contributed by atoms with Crippen molar-refractivity contribution in [3.05, 3.63) is 35.6 Å². The molecule has 0 aliphatic heterocycles. The van der Waals surface area contributed by atoms with Crippen LogP contribution >= 0.6 is 0 Å². The van der Waals surface area contributed by atoms with Crippen LogP contribution in [0.4, 0.5) is 17.6 Å². The predicted molar refractivity (Wildman–Crippen MR) is 46.8 cm³/mol. The van der Waals surface area contributed by atoms with E-state index in [4.69, 9.17) is 5.11 Å². The van der Waals surface area contributed by atoms with Crippen LogP contribution in [0.2, 0.25) is 0 Å². The Morgan fingerprint density at radius 1 is 1.20 bits per heavy atom. The van der Waals surface area contributed by atoms with E-state index in [1.165, 1.54) is 18.2 Å². The largest absolute Gasteiger partial charge is 0.417 e. The average molecular weight is 222 g/mol. The van der Waals surface area contributed by atoms with Crippen molar-refractivity contribution in [1.82, 2.24) is 0 Å². The van der Waals surface area contributed by atoms with Crippen molar-refractivity contribution in [3.8, 4) is 0 Å². The number of aliphatic hydroxyl groups is 1. The van der Waals surface area contributed by atoms with Crippen LogP contribution in [0.5, 0.6) is 0 Å². The number of rotatable bonds is 2. The molecule has 84 valence electrons. The highest BCUT2D eigenvalue weighted by molar-refractivity contribution is 5.19. The van der Waals surface area contributed by atoms with Crippen molar-refractivity contribution in [2.45, 2.75) is 25.1 Å². The third kappa shape index (κ3) is 2.68. The van der Waals surface area contributed by atoms with Gasteiger partial charge in [-0.25, -0.2) is 4.39 Å². The van der Waals surface area contributed by atoms with Crippen molar-refractivity contribution >= 4 is 0 Å². The molecule has 15 heavy (non-hydrogen) atoms. The molecule has 1 rings (SSSR count). The number of alkyl halides is 3. The van der Waals surface area contributed by atoms with Gasteiger partial charge in [0.2, 0.25) is 0 Å². The summed E-state index contributed by atoms with van der Waals surface area (Å²) in [5.74, 6) is -0.748. The molecule has 1 atom stereocenters. The van der Waals surface area contributed by atoms with Crippen molar-refractivity contribution in [3.63, 3.8) is 0 Å². The van der Waals surface area contributed by atoms with E-state index in [9.17, 15) is 17.6 Å². The fraction of sp³-hybridized carbons (Fsp3) is 0.400. The Balaban J connectivity index is 2.92. The average Bonchev–Trinajstić information content (AvgIpc) is 2.06. The number of benzene rings is 1. The number of hydrogen-bond acceptors (Lipinski definition) is 1. The Morgan fingerprint density at radius 3 is 2.20 bits per heavy atom. The molecule has 0 bridgehead atoms. The summed E-state index contributed by atoms with van der Waals surface area (Å²) in [6.07, 6.45) is -5.56. The molecular formula is C10H10F4O. The van der Waals surface area contributed by atoms with Crippen LogP contribution in [0.15, 0.2) is 24.3 Å². The van der Waals surface area contributed by atoms with E-state index in [0.29, 0.717) is 6.92 Å². The topological polar surface area (TPSA) is 20.2 Å². The summed E-state index contributed by atoms with van der Waals surface area (Å²) < 4.78 is 49.9. The molecule has 0 aliphatic rings. The van der Waals surface area contributed by atoms with Crippen molar-refractivity contribution < 1.29 is 22.7 Å². The maximum Gasteiger partial charge on any atom is 0.417 e. The second-order valence-corrected chi connectivity index (χ2v) is 3.54. The van der Waals surface area contributed by atoms with E-state index >= 15 is 0 Å². The van der Waals surface area contributed by atoms with Crippen LogP contribution in [0.25, 0.3) is 0 Å². The monoisotopic (exact) mass is 222 g/mol. The summed E-state index contributed by atoms with van der Waals surface area (Å²) in [4.78, 5) is 0. The molecule has 1 nitrogen and oxygen atoms in total. The Bertz CT molecular complexity index is 344. The molecule has 5 heteroatoms. The maximum atomic E-state index is 13.0. The van der Waals surface area contributed by atoms with Gasteiger partial charge in [-0.15, -0.1) is 0 Å². The normalized spacial score (nSPS) is 16.1. The molecule has 0 aliphatic carbocycles. The molecule has 1 aromatic rings. The Morgan fingerprint density at radius 2 is 1.73 bits per heavy atom. The summed E-state index contributed by atoms with van der Waals surface area (Å²) in [7, 11) is 0. The van der Waals surface area contributed by atoms with E-state index in [1.54, 1.807) is 0 Å².